The molecule has 0 N–H and O–H groups in total. The zero-order valence-electron chi connectivity index (χ0n) is 11.5. The molecule has 0 bridgehead atoms. The van der Waals surface area contributed by atoms with E-state index in [4.69, 9.17) is 23.2 Å². The van der Waals surface area contributed by atoms with Crippen LogP contribution in [0.2, 0.25) is 10.0 Å². The van der Waals surface area contributed by atoms with Crippen LogP contribution in [-0.2, 0) is 0 Å². The molecule has 0 aromatic heterocycles. The minimum Gasteiger partial charge on any atom is -0.207 e. The summed E-state index contributed by atoms with van der Waals surface area (Å²) in [6.07, 6.45) is 0. The lowest BCUT2D eigenvalue weighted by molar-refractivity contribution is 0.628. The van der Waals surface area contributed by atoms with Crippen molar-refractivity contribution in [2.24, 2.45) is 0 Å². The van der Waals surface area contributed by atoms with Crippen LogP contribution in [0.25, 0.3) is 0 Å². The van der Waals surface area contributed by atoms with E-state index in [-0.39, 0.29) is 5.82 Å². The molecule has 4 heteroatoms. The summed E-state index contributed by atoms with van der Waals surface area (Å²) in [6.45, 7) is 0. The van der Waals surface area contributed by atoms with E-state index in [1.54, 1.807) is 0 Å². The van der Waals surface area contributed by atoms with E-state index in [0.29, 0.717) is 10.0 Å². The second-order valence-electron chi connectivity index (χ2n) is 4.77. The van der Waals surface area contributed by atoms with Crippen molar-refractivity contribution in [2.75, 3.05) is 0 Å². The molecule has 0 aliphatic rings. The fourth-order valence-electron chi connectivity index (χ4n) is 2.27. The first-order chi connectivity index (χ1) is 10.6. The molecule has 0 unspecified atom stereocenters. The Balaban J connectivity index is 2.15. The SMILES string of the molecule is Fc1ccc(P(c2cccc(Cl)c2)c2cccc(Cl)c2)cc1. The molecule has 0 amide bonds. The molecule has 0 atom stereocenters. The molecule has 0 fully saturated rings. The highest BCUT2D eigenvalue weighted by molar-refractivity contribution is 7.79. The predicted octanol–water partition coefficient (Wildman–Crippen LogP) is 4.89. The summed E-state index contributed by atoms with van der Waals surface area (Å²) in [5, 5.41) is 4.65. The van der Waals surface area contributed by atoms with E-state index >= 15 is 0 Å². The zero-order valence-corrected chi connectivity index (χ0v) is 13.9. The molecule has 22 heavy (non-hydrogen) atoms. The lowest BCUT2D eigenvalue weighted by Gasteiger charge is -2.19. The molecule has 0 heterocycles. The molecule has 0 nitrogen and oxygen atoms in total. The van der Waals surface area contributed by atoms with Crippen molar-refractivity contribution in [3.63, 3.8) is 0 Å². The van der Waals surface area contributed by atoms with Gasteiger partial charge in [0.25, 0.3) is 0 Å². The quantitative estimate of drug-likeness (QED) is 0.591. The maximum Gasteiger partial charge on any atom is 0.123 e. The first kappa shape index (κ1) is 15.5. The van der Waals surface area contributed by atoms with Crippen LogP contribution < -0.4 is 15.9 Å². The van der Waals surface area contributed by atoms with Crippen molar-refractivity contribution in [1.29, 1.82) is 0 Å². The highest BCUT2D eigenvalue weighted by Gasteiger charge is 2.17. The molecule has 0 radical (unpaired) electrons. The third-order valence-electron chi connectivity index (χ3n) is 3.22. The fraction of sp³-hybridized carbons (Fsp3) is 0. The van der Waals surface area contributed by atoms with E-state index in [1.807, 2.05) is 60.7 Å². The molecule has 0 spiro atoms. The van der Waals surface area contributed by atoms with Gasteiger partial charge in [0.1, 0.15) is 5.82 Å². The molecule has 3 aromatic rings. The molecular formula is C18H12Cl2FP. The summed E-state index contributed by atoms with van der Waals surface area (Å²) in [4.78, 5) is 0. The lowest BCUT2D eigenvalue weighted by Crippen LogP contribution is -2.20. The van der Waals surface area contributed by atoms with Crippen LogP contribution in [0.15, 0.2) is 72.8 Å². The Morgan fingerprint density at radius 1 is 0.636 bits per heavy atom. The first-order valence-electron chi connectivity index (χ1n) is 6.70. The van der Waals surface area contributed by atoms with Crippen LogP contribution >= 0.6 is 31.1 Å². The molecule has 0 aliphatic carbocycles. The summed E-state index contributed by atoms with van der Waals surface area (Å²) in [6, 6.07) is 22.2. The monoisotopic (exact) mass is 348 g/mol. The van der Waals surface area contributed by atoms with E-state index in [9.17, 15) is 4.39 Å². The Morgan fingerprint density at radius 3 is 1.59 bits per heavy atom. The third-order valence-corrected chi connectivity index (χ3v) is 6.09. The van der Waals surface area contributed by atoms with Crippen molar-refractivity contribution in [3.05, 3.63) is 88.7 Å². The Morgan fingerprint density at radius 2 is 1.14 bits per heavy atom. The number of benzene rings is 3. The van der Waals surface area contributed by atoms with E-state index < -0.39 is 7.92 Å². The van der Waals surface area contributed by atoms with Crippen LogP contribution in [0.4, 0.5) is 4.39 Å². The number of hydrogen-bond acceptors (Lipinski definition) is 0. The Kier molecular flexibility index (Phi) is 4.78. The minimum atomic E-state index is -0.826. The molecule has 0 saturated heterocycles. The Labute approximate surface area is 140 Å². The molecule has 0 aliphatic heterocycles. The van der Waals surface area contributed by atoms with Crippen LogP contribution in [0.1, 0.15) is 0 Å². The van der Waals surface area contributed by atoms with Crippen molar-refractivity contribution in [1.82, 2.24) is 0 Å². The average Bonchev–Trinajstić information content (AvgIpc) is 2.50. The Hall–Kier alpha value is -1.40. The number of halogens is 3. The van der Waals surface area contributed by atoms with E-state index in [2.05, 4.69) is 0 Å². The van der Waals surface area contributed by atoms with Gasteiger partial charge in [-0.1, -0.05) is 59.6 Å². The molecule has 3 aromatic carbocycles. The van der Waals surface area contributed by atoms with Crippen molar-refractivity contribution >= 4 is 47.0 Å². The number of rotatable bonds is 3. The van der Waals surface area contributed by atoms with Crippen molar-refractivity contribution in [2.45, 2.75) is 0 Å². The van der Waals surface area contributed by atoms with Gasteiger partial charge in [-0.25, -0.2) is 4.39 Å². The van der Waals surface area contributed by atoms with Gasteiger partial charge in [-0.2, -0.15) is 0 Å². The zero-order chi connectivity index (χ0) is 15.5. The van der Waals surface area contributed by atoms with Crippen molar-refractivity contribution in [3.8, 4) is 0 Å². The highest BCUT2D eigenvalue weighted by Crippen LogP contribution is 2.34. The first-order valence-corrected chi connectivity index (χ1v) is 8.80. The topological polar surface area (TPSA) is 0 Å². The largest absolute Gasteiger partial charge is 0.207 e. The summed E-state index contributed by atoms with van der Waals surface area (Å²) < 4.78 is 13.2. The molecule has 0 saturated carbocycles. The van der Waals surface area contributed by atoms with Gasteiger partial charge in [-0.05, 0) is 60.2 Å². The standard InChI is InChI=1S/C18H12Cl2FP/c19-13-3-1-5-17(11-13)22(16-9-7-15(21)8-10-16)18-6-2-4-14(20)12-18/h1-12H. The maximum absolute atomic E-state index is 13.2. The fourth-order valence-corrected chi connectivity index (χ4v) is 5.15. The molecular weight excluding hydrogens is 337 g/mol. The van der Waals surface area contributed by atoms with Crippen LogP contribution in [-0.4, -0.2) is 0 Å². The summed E-state index contributed by atoms with van der Waals surface area (Å²) in [5.41, 5.74) is 0. The van der Waals surface area contributed by atoms with E-state index in [1.165, 1.54) is 12.1 Å². The van der Waals surface area contributed by atoms with Gasteiger partial charge in [0.05, 0.1) is 0 Å². The second-order valence-corrected chi connectivity index (χ2v) is 7.86. The minimum absolute atomic E-state index is 0.240. The van der Waals surface area contributed by atoms with Gasteiger partial charge in [0, 0.05) is 10.0 Å². The van der Waals surface area contributed by atoms with Crippen LogP contribution in [0.5, 0.6) is 0 Å². The maximum atomic E-state index is 13.2. The lowest BCUT2D eigenvalue weighted by atomic mass is 10.3. The Bertz CT molecular complexity index is 742. The van der Waals surface area contributed by atoms with Gasteiger partial charge >= 0.3 is 0 Å². The van der Waals surface area contributed by atoms with Gasteiger partial charge < -0.3 is 0 Å². The smallest absolute Gasteiger partial charge is 0.123 e. The van der Waals surface area contributed by atoms with Crippen molar-refractivity contribution < 1.29 is 4.39 Å². The van der Waals surface area contributed by atoms with Crippen LogP contribution in [0, 0.1) is 5.82 Å². The normalized spacial score (nSPS) is 10.9. The second kappa shape index (κ2) is 6.79. The third kappa shape index (κ3) is 3.50. The predicted molar refractivity (Wildman–Crippen MR) is 95.1 cm³/mol. The van der Waals surface area contributed by atoms with Gasteiger partial charge in [0.2, 0.25) is 0 Å². The van der Waals surface area contributed by atoms with E-state index in [0.717, 1.165) is 15.9 Å². The highest BCUT2D eigenvalue weighted by atomic mass is 35.5. The summed E-state index contributed by atoms with van der Waals surface area (Å²) in [7, 11) is -0.826. The number of hydrogen-bond donors (Lipinski definition) is 0. The van der Waals surface area contributed by atoms with Gasteiger partial charge in [-0.3, -0.25) is 0 Å². The molecule has 110 valence electrons. The average molecular weight is 349 g/mol. The summed E-state index contributed by atoms with van der Waals surface area (Å²) in [5.74, 6) is -0.240. The molecule has 3 rings (SSSR count). The van der Waals surface area contributed by atoms with Gasteiger partial charge in [0.15, 0.2) is 0 Å². The van der Waals surface area contributed by atoms with Crippen LogP contribution in [0.3, 0.4) is 0 Å². The summed E-state index contributed by atoms with van der Waals surface area (Å²) >= 11 is 12.3. The van der Waals surface area contributed by atoms with Gasteiger partial charge in [-0.15, -0.1) is 0 Å².